The maximum absolute atomic E-state index is 12.5. The highest BCUT2D eigenvalue weighted by atomic mass is 19.3. The van der Waals surface area contributed by atoms with Crippen LogP contribution >= 0.6 is 0 Å². The summed E-state index contributed by atoms with van der Waals surface area (Å²) >= 11 is 0. The predicted molar refractivity (Wildman–Crippen MR) is 46.3 cm³/mol. The third-order valence-electron chi connectivity index (χ3n) is 2.01. The number of fused-ring (bicyclic) bond motifs is 1. The number of pyridine rings is 1. The summed E-state index contributed by atoms with van der Waals surface area (Å²) in [7, 11) is 1.58. The van der Waals surface area contributed by atoms with Gasteiger partial charge < -0.3 is 4.98 Å². The lowest BCUT2D eigenvalue weighted by atomic mass is 10.2. The van der Waals surface area contributed by atoms with Crippen LogP contribution < -0.4 is 5.56 Å². The Hall–Kier alpha value is -1.72. The van der Waals surface area contributed by atoms with Gasteiger partial charge in [-0.1, -0.05) is 0 Å². The topological polar surface area (TPSA) is 50.7 Å². The van der Waals surface area contributed by atoms with Crippen LogP contribution in [0, 0.1) is 0 Å². The van der Waals surface area contributed by atoms with Crippen LogP contribution in [0.15, 0.2) is 17.1 Å². The lowest BCUT2D eigenvalue weighted by molar-refractivity contribution is 0.153. The molecule has 2 aromatic rings. The molecule has 0 aliphatic heterocycles. The van der Waals surface area contributed by atoms with E-state index in [1.165, 1.54) is 10.9 Å². The number of halogens is 2. The van der Waals surface area contributed by atoms with Crippen molar-refractivity contribution in [2.24, 2.45) is 7.05 Å². The van der Waals surface area contributed by atoms with Gasteiger partial charge in [0.2, 0.25) is 5.56 Å². The minimum absolute atomic E-state index is 0.280. The highest BCUT2D eigenvalue weighted by Crippen LogP contribution is 2.24. The zero-order valence-corrected chi connectivity index (χ0v) is 7.29. The minimum Gasteiger partial charge on any atom is -0.307 e. The molecule has 2 heterocycles. The summed E-state index contributed by atoms with van der Waals surface area (Å²) in [4.78, 5) is 13.5. The average Bonchev–Trinajstić information content (AvgIpc) is 2.47. The maximum atomic E-state index is 12.5. The number of H-pyrrole nitrogens is 1. The van der Waals surface area contributed by atoms with Crippen molar-refractivity contribution in [3.63, 3.8) is 0 Å². The van der Waals surface area contributed by atoms with Crippen LogP contribution in [-0.4, -0.2) is 14.8 Å². The zero-order chi connectivity index (χ0) is 10.3. The summed E-state index contributed by atoms with van der Waals surface area (Å²) in [5.41, 5.74) is -0.513. The van der Waals surface area contributed by atoms with Crippen molar-refractivity contribution < 1.29 is 8.78 Å². The van der Waals surface area contributed by atoms with Crippen molar-refractivity contribution in [2.45, 2.75) is 6.43 Å². The van der Waals surface area contributed by atoms with Crippen LogP contribution in [-0.2, 0) is 7.05 Å². The lowest BCUT2D eigenvalue weighted by Crippen LogP contribution is -2.08. The van der Waals surface area contributed by atoms with E-state index < -0.39 is 12.0 Å². The van der Waals surface area contributed by atoms with Crippen molar-refractivity contribution >= 4 is 11.0 Å². The van der Waals surface area contributed by atoms with E-state index in [4.69, 9.17) is 0 Å². The molecule has 0 aromatic carbocycles. The fourth-order valence-electron chi connectivity index (χ4n) is 1.35. The van der Waals surface area contributed by atoms with Crippen molar-refractivity contribution in [1.82, 2.24) is 14.8 Å². The molecule has 0 spiro atoms. The molecule has 2 aromatic heterocycles. The maximum Gasteiger partial charge on any atom is 0.264 e. The second-order valence-electron chi connectivity index (χ2n) is 2.92. The molecule has 0 atom stereocenters. The molecule has 74 valence electrons. The van der Waals surface area contributed by atoms with Crippen LogP contribution in [0.25, 0.3) is 11.0 Å². The highest BCUT2D eigenvalue weighted by molar-refractivity contribution is 5.78. The van der Waals surface area contributed by atoms with Gasteiger partial charge in [0.25, 0.3) is 6.43 Å². The number of aromatic amines is 1. The van der Waals surface area contributed by atoms with E-state index in [1.807, 2.05) is 0 Å². The molecule has 0 saturated heterocycles. The monoisotopic (exact) mass is 199 g/mol. The first-order valence-electron chi connectivity index (χ1n) is 3.92. The quantitative estimate of drug-likeness (QED) is 0.750. The molecular formula is C8H7F2N3O. The summed E-state index contributed by atoms with van der Waals surface area (Å²) < 4.78 is 26.3. The molecule has 14 heavy (non-hydrogen) atoms. The van der Waals surface area contributed by atoms with Crippen molar-refractivity contribution in [3.8, 4) is 0 Å². The zero-order valence-electron chi connectivity index (χ0n) is 7.29. The van der Waals surface area contributed by atoms with Gasteiger partial charge in [-0.3, -0.25) is 9.48 Å². The van der Waals surface area contributed by atoms with E-state index in [0.29, 0.717) is 5.65 Å². The summed E-state index contributed by atoms with van der Waals surface area (Å²) in [5, 5.41) is 4.07. The van der Waals surface area contributed by atoms with E-state index in [9.17, 15) is 13.6 Å². The van der Waals surface area contributed by atoms with Gasteiger partial charge in [-0.15, -0.1) is 0 Å². The number of aromatic nitrogens is 3. The molecule has 0 fully saturated rings. The van der Waals surface area contributed by atoms with E-state index in [1.54, 1.807) is 7.05 Å². The molecule has 0 amide bonds. The molecule has 1 N–H and O–H groups in total. The SMILES string of the molecule is Cn1ncc2c(C(F)F)cc(=O)[nH]c21. The van der Waals surface area contributed by atoms with Gasteiger partial charge in [0, 0.05) is 24.1 Å². The number of hydrogen-bond donors (Lipinski definition) is 1. The number of alkyl halides is 2. The molecule has 0 saturated carbocycles. The largest absolute Gasteiger partial charge is 0.307 e. The van der Waals surface area contributed by atoms with Crippen molar-refractivity contribution in [1.29, 1.82) is 0 Å². The van der Waals surface area contributed by atoms with Gasteiger partial charge in [0.15, 0.2) is 0 Å². The van der Waals surface area contributed by atoms with Crippen LogP contribution in [0.1, 0.15) is 12.0 Å². The molecule has 0 unspecified atom stereocenters. The van der Waals surface area contributed by atoms with Gasteiger partial charge in [0.1, 0.15) is 5.65 Å². The number of nitrogens with zero attached hydrogens (tertiary/aromatic N) is 2. The number of hydrogen-bond acceptors (Lipinski definition) is 2. The van der Waals surface area contributed by atoms with Gasteiger partial charge in [-0.2, -0.15) is 5.10 Å². The highest BCUT2D eigenvalue weighted by Gasteiger charge is 2.14. The van der Waals surface area contributed by atoms with Crippen LogP contribution in [0.3, 0.4) is 0 Å². The van der Waals surface area contributed by atoms with Gasteiger partial charge in [-0.25, -0.2) is 8.78 Å². The molecule has 6 heteroatoms. The summed E-state index contributed by atoms with van der Waals surface area (Å²) in [6, 6.07) is 0.897. The minimum atomic E-state index is -2.66. The number of aryl methyl sites for hydroxylation is 1. The van der Waals surface area contributed by atoms with Gasteiger partial charge >= 0.3 is 0 Å². The Morgan fingerprint density at radius 3 is 2.93 bits per heavy atom. The van der Waals surface area contributed by atoms with Crippen molar-refractivity contribution in [3.05, 3.63) is 28.2 Å². The molecular weight excluding hydrogens is 192 g/mol. The first-order valence-corrected chi connectivity index (χ1v) is 3.92. The molecule has 0 aliphatic rings. The van der Waals surface area contributed by atoms with Gasteiger partial charge in [0.05, 0.1) is 6.20 Å². The fourth-order valence-corrected chi connectivity index (χ4v) is 1.35. The van der Waals surface area contributed by atoms with Crippen LogP contribution in [0.2, 0.25) is 0 Å². The van der Waals surface area contributed by atoms with E-state index >= 15 is 0 Å². The Balaban J connectivity index is 2.89. The van der Waals surface area contributed by atoms with Crippen LogP contribution in [0.5, 0.6) is 0 Å². The number of rotatable bonds is 1. The number of nitrogens with one attached hydrogen (secondary N) is 1. The molecule has 2 rings (SSSR count). The summed E-state index contributed by atoms with van der Waals surface area (Å²) in [5.74, 6) is 0. The smallest absolute Gasteiger partial charge is 0.264 e. The molecule has 0 bridgehead atoms. The van der Waals surface area contributed by atoms with Gasteiger partial charge in [-0.05, 0) is 0 Å². The third-order valence-corrected chi connectivity index (χ3v) is 2.01. The summed E-state index contributed by atoms with van der Waals surface area (Å²) in [6.07, 6.45) is -1.35. The van der Waals surface area contributed by atoms with Crippen LogP contribution in [0.4, 0.5) is 8.78 Å². The van der Waals surface area contributed by atoms with E-state index in [-0.39, 0.29) is 10.9 Å². The Morgan fingerprint density at radius 1 is 1.57 bits per heavy atom. The predicted octanol–water partition coefficient (Wildman–Crippen LogP) is 1.20. The second kappa shape index (κ2) is 2.90. The first kappa shape index (κ1) is 8.86. The Labute approximate surface area is 77.2 Å². The first-order chi connectivity index (χ1) is 6.59. The Morgan fingerprint density at radius 2 is 2.29 bits per heavy atom. The standard InChI is InChI=1S/C8H7F2N3O/c1-13-8-5(3-11-13)4(7(9)10)2-6(14)12-8/h2-3,7H,1H3,(H,12,14). The normalized spacial score (nSPS) is 11.4. The average molecular weight is 199 g/mol. The third kappa shape index (κ3) is 1.19. The van der Waals surface area contributed by atoms with E-state index in [0.717, 1.165) is 6.07 Å². The molecule has 0 aliphatic carbocycles. The molecule has 4 nitrogen and oxygen atoms in total. The Kier molecular flexibility index (Phi) is 1.83. The fraction of sp³-hybridized carbons (Fsp3) is 0.250. The van der Waals surface area contributed by atoms with Crippen molar-refractivity contribution in [2.75, 3.05) is 0 Å². The Bertz CT molecular complexity index is 529. The van der Waals surface area contributed by atoms with E-state index in [2.05, 4.69) is 10.1 Å². The summed E-state index contributed by atoms with van der Waals surface area (Å²) in [6.45, 7) is 0. The molecule has 0 radical (unpaired) electrons. The second-order valence-corrected chi connectivity index (χ2v) is 2.92. The lowest BCUT2D eigenvalue weighted by Gasteiger charge is -2.00.